The maximum absolute atomic E-state index is 5.34. The third kappa shape index (κ3) is 2.98. The van der Waals surface area contributed by atoms with E-state index in [0.29, 0.717) is 17.8 Å². The first-order chi connectivity index (χ1) is 9.36. The Bertz CT molecular complexity index is 521. The molecule has 0 aromatic carbocycles. The lowest BCUT2D eigenvalue weighted by Gasteiger charge is -2.14. The number of hydrogen-bond acceptors (Lipinski definition) is 5. The summed E-state index contributed by atoms with van der Waals surface area (Å²) in [5.41, 5.74) is 0.893. The molecule has 5 nitrogen and oxygen atoms in total. The summed E-state index contributed by atoms with van der Waals surface area (Å²) in [6.45, 7) is 3.11. The summed E-state index contributed by atoms with van der Waals surface area (Å²) in [4.78, 5) is 8.52. The predicted octanol–water partition coefficient (Wildman–Crippen LogP) is 2.06. The Balaban J connectivity index is 1.70. The Morgan fingerprint density at radius 2 is 2.37 bits per heavy atom. The Morgan fingerprint density at radius 1 is 1.47 bits per heavy atom. The highest BCUT2D eigenvalue weighted by Crippen LogP contribution is 2.34. The van der Waals surface area contributed by atoms with Crippen molar-refractivity contribution in [3.8, 4) is 11.4 Å². The van der Waals surface area contributed by atoms with Crippen LogP contribution in [-0.4, -0.2) is 27.7 Å². The molecule has 19 heavy (non-hydrogen) atoms. The van der Waals surface area contributed by atoms with Gasteiger partial charge in [0.15, 0.2) is 0 Å². The predicted molar refractivity (Wildman–Crippen MR) is 71.4 cm³/mol. The summed E-state index contributed by atoms with van der Waals surface area (Å²) in [5.74, 6) is 2.10. The van der Waals surface area contributed by atoms with Gasteiger partial charge in [0.05, 0.1) is 0 Å². The molecule has 1 unspecified atom stereocenters. The Labute approximate surface area is 112 Å². The molecule has 2 heterocycles. The van der Waals surface area contributed by atoms with Crippen LogP contribution < -0.4 is 5.32 Å². The molecule has 0 spiro atoms. The maximum atomic E-state index is 5.34. The van der Waals surface area contributed by atoms with Gasteiger partial charge in [0.25, 0.3) is 0 Å². The summed E-state index contributed by atoms with van der Waals surface area (Å²) in [6, 6.07) is 4.27. The van der Waals surface area contributed by atoms with Gasteiger partial charge in [-0.05, 0) is 37.4 Å². The van der Waals surface area contributed by atoms with Crippen molar-refractivity contribution >= 4 is 0 Å². The minimum atomic E-state index is 0.465. The first-order valence-electron chi connectivity index (χ1n) is 6.83. The van der Waals surface area contributed by atoms with Gasteiger partial charge in [0.1, 0.15) is 0 Å². The quantitative estimate of drug-likeness (QED) is 0.859. The third-order valence-electron chi connectivity index (χ3n) is 3.44. The lowest BCUT2D eigenvalue weighted by atomic mass is 10.1. The van der Waals surface area contributed by atoms with Crippen LogP contribution in [0, 0.1) is 5.92 Å². The van der Waals surface area contributed by atoms with Crippen LogP contribution >= 0.6 is 0 Å². The minimum Gasteiger partial charge on any atom is -0.339 e. The third-order valence-corrected chi connectivity index (χ3v) is 3.44. The summed E-state index contributed by atoms with van der Waals surface area (Å²) in [5, 5.41) is 7.53. The summed E-state index contributed by atoms with van der Waals surface area (Å²) in [7, 11) is 0. The molecule has 5 heteroatoms. The van der Waals surface area contributed by atoms with E-state index in [0.717, 1.165) is 24.4 Å². The topological polar surface area (TPSA) is 63.8 Å². The molecule has 1 N–H and O–H groups in total. The van der Waals surface area contributed by atoms with Gasteiger partial charge in [-0.15, -0.1) is 0 Å². The van der Waals surface area contributed by atoms with Crippen molar-refractivity contribution in [1.82, 2.24) is 20.4 Å². The number of rotatable bonds is 6. The van der Waals surface area contributed by atoms with Gasteiger partial charge < -0.3 is 9.84 Å². The number of aromatic nitrogens is 3. The van der Waals surface area contributed by atoms with Crippen LogP contribution in [0.5, 0.6) is 0 Å². The van der Waals surface area contributed by atoms with Crippen LogP contribution in [0.2, 0.25) is 0 Å². The Morgan fingerprint density at radius 3 is 3.05 bits per heavy atom. The van der Waals surface area contributed by atoms with Crippen LogP contribution in [-0.2, 0) is 6.42 Å². The van der Waals surface area contributed by atoms with Crippen LogP contribution in [0.25, 0.3) is 11.4 Å². The van der Waals surface area contributed by atoms with E-state index in [4.69, 9.17) is 4.52 Å². The molecule has 0 amide bonds. The zero-order valence-corrected chi connectivity index (χ0v) is 11.0. The van der Waals surface area contributed by atoms with Crippen molar-refractivity contribution in [2.45, 2.75) is 32.2 Å². The van der Waals surface area contributed by atoms with Crippen molar-refractivity contribution in [2.75, 3.05) is 6.54 Å². The second-order valence-corrected chi connectivity index (χ2v) is 4.96. The molecule has 1 saturated carbocycles. The van der Waals surface area contributed by atoms with E-state index in [2.05, 4.69) is 27.4 Å². The van der Waals surface area contributed by atoms with Gasteiger partial charge in [0.2, 0.25) is 11.7 Å². The summed E-state index contributed by atoms with van der Waals surface area (Å²) in [6.07, 6.45) is 6.91. The van der Waals surface area contributed by atoms with Crippen molar-refractivity contribution in [3.63, 3.8) is 0 Å². The number of likely N-dealkylation sites (N-methyl/N-ethyl adjacent to an activating group) is 1. The van der Waals surface area contributed by atoms with E-state index >= 15 is 0 Å². The molecular weight excluding hydrogens is 240 g/mol. The van der Waals surface area contributed by atoms with Crippen molar-refractivity contribution in [3.05, 3.63) is 30.4 Å². The Kier molecular flexibility index (Phi) is 3.55. The van der Waals surface area contributed by atoms with E-state index in [1.54, 1.807) is 12.4 Å². The van der Waals surface area contributed by atoms with Crippen molar-refractivity contribution in [1.29, 1.82) is 0 Å². The number of hydrogen-bond donors (Lipinski definition) is 1. The molecule has 2 aromatic rings. The van der Waals surface area contributed by atoms with Crippen molar-refractivity contribution < 1.29 is 4.52 Å². The van der Waals surface area contributed by atoms with Crippen LogP contribution in [0.1, 0.15) is 25.7 Å². The fourth-order valence-corrected chi connectivity index (χ4v) is 2.30. The second kappa shape index (κ2) is 5.48. The van der Waals surface area contributed by atoms with Gasteiger partial charge in [-0.2, -0.15) is 4.98 Å². The van der Waals surface area contributed by atoms with Gasteiger partial charge in [0, 0.05) is 30.4 Å². The lowest BCUT2D eigenvalue weighted by molar-refractivity contribution is 0.348. The van der Waals surface area contributed by atoms with Gasteiger partial charge in [-0.25, -0.2) is 0 Å². The average molecular weight is 258 g/mol. The molecule has 3 rings (SSSR count). The SMILES string of the molecule is CCNC(Cc1nc(-c2cccnc2)no1)C1CC1. The van der Waals surface area contributed by atoms with Gasteiger partial charge in [-0.3, -0.25) is 4.98 Å². The fourth-order valence-electron chi connectivity index (χ4n) is 2.30. The average Bonchev–Trinajstić information content (AvgIpc) is 3.19. The Hall–Kier alpha value is -1.75. The highest BCUT2D eigenvalue weighted by atomic mass is 16.5. The van der Waals surface area contributed by atoms with Gasteiger partial charge in [-0.1, -0.05) is 12.1 Å². The molecule has 2 aromatic heterocycles. The first kappa shape index (κ1) is 12.3. The fraction of sp³-hybridized carbons (Fsp3) is 0.500. The molecule has 0 bridgehead atoms. The van der Waals surface area contributed by atoms with E-state index in [1.807, 2.05) is 12.1 Å². The normalized spacial score (nSPS) is 16.5. The molecule has 0 radical (unpaired) electrons. The second-order valence-electron chi connectivity index (χ2n) is 4.96. The minimum absolute atomic E-state index is 0.465. The standard InChI is InChI=1S/C14H18N4O/c1-2-16-12(10-5-6-10)8-13-17-14(18-19-13)11-4-3-7-15-9-11/h3-4,7,9-10,12,16H,2,5-6,8H2,1H3. The van der Waals surface area contributed by atoms with Crippen LogP contribution in [0.4, 0.5) is 0 Å². The van der Waals surface area contributed by atoms with Crippen molar-refractivity contribution in [2.24, 2.45) is 5.92 Å². The monoisotopic (exact) mass is 258 g/mol. The van der Waals surface area contributed by atoms with Gasteiger partial charge >= 0.3 is 0 Å². The number of nitrogens with zero attached hydrogens (tertiary/aromatic N) is 3. The maximum Gasteiger partial charge on any atom is 0.228 e. The molecule has 1 aliphatic carbocycles. The highest BCUT2D eigenvalue weighted by molar-refractivity contribution is 5.51. The molecule has 1 atom stereocenters. The molecule has 1 fully saturated rings. The van der Waals surface area contributed by atoms with E-state index < -0.39 is 0 Å². The van der Waals surface area contributed by atoms with E-state index in [9.17, 15) is 0 Å². The van der Waals surface area contributed by atoms with Crippen LogP contribution in [0.15, 0.2) is 29.0 Å². The molecular formula is C14H18N4O. The molecule has 100 valence electrons. The van der Waals surface area contributed by atoms with E-state index in [1.165, 1.54) is 12.8 Å². The number of pyridine rings is 1. The molecule has 0 aliphatic heterocycles. The van der Waals surface area contributed by atoms with Crippen LogP contribution in [0.3, 0.4) is 0 Å². The zero-order valence-electron chi connectivity index (χ0n) is 11.0. The smallest absolute Gasteiger partial charge is 0.228 e. The lowest BCUT2D eigenvalue weighted by Crippen LogP contribution is -2.33. The summed E-state index contributed by atoms with van der Waals surface area (Å²) >= 11 is 0. The van der Waals surface area contributed by atoms with E-state index in [-0.39, 0.29) is 0 Å². The number of nitrogens with one attached hydrogen (secondary N) is 1. The highest BCUT2D eigenvalue weighted by Gasteiger charge is 2.31. The largest absolute Gasteiger partial charge is 0.339 e. The zero-order chi connectivity index (χ0) is 13.1. The summed E-state index contributed by atoms with van der Waals surface area (Å²) < 4.78 is 5.34. The first-order valence-corrected chi connectivity index (χ1v) is 6.83. The molecule has 0 saturated heterocycles. The molecule has 1 aliphatic rings.